The zero-order chi connectivity index (χ0) is 88.4. The van der Waals surface area contributed by atoms with Gasteiger partial charge in [0, 0.05) is 128 Å². The van der Waals surface area contributed by atoms with Crippen LogP contribution in [0.1, 0.15) is 5.56 Å². The van der Waals surface area contributed by atoms with Crippen molar-refractivity contribution >= 4 is 153 Å². The van der Waals surface area contributed by atoms with E-state index in [4.69, 9.17) is 22.1 Å². The highest BCUT2D eigenvalue weighted by atomic mass is 16.3. The highest BCUT2D eigenvalue weighted by molar-refractivity contribution is 6.22. The Kier molecular flexibility index (Phi) is 20.2. The van der Waals surface area contributed by atoms with Gasteiger partial charge >= 0.3 is 0 Å². The van der Waals surface area contributed by atoms with Gasteiger partial charge in [-0.05, 0) is 224 Å². The van der Waals surface area contributed by atoms with E-state index < -0.39 is 0 Å². The molecule has 0 spiro atoms. The minimum absolute atomic E-state index is 0.00536. The summed E-state index contributed by atoms with van der Waals surface area (Å²) in [7, 11) is 0. The Morgan fingerprint density at radius 3 is 1.18 bits per heavy atom. The maximum Gasteiger partial charge on any atom is 0.186 e. The molecule has 23 aromatic rings. The molecule has 2 aliphatic rings. The third-order valence-electron chi connectivity index (χ3n) is 23.8. The fraction of sp³-hybridized carbons (Fsp3) is 0.00862. The number of benzene rings is 20. The van der Waals surface area contributed by atoms with E-state index in [1.807, 2.05) is 218 Å². The number of hydrogen-bond donors (Lipinski definition) is 4. The van der Waals surface area contributed by atoms with Gasteiger partial charge in [-0.3, -0.25) is 24.0 Å². The Hall–Kier alpha value is -17.8. The molecule has 25 rings (SSSR count). The van der Waals surface area contributed by atoms with Crippen LogP contribution in [0.3, 0.4) is 0 Å². The van der Waals surface area contributed by atoms with E-state index in [2.05, 4.69) is 61.5 Å². The van der Waals surface area contributed by atoms with Crippen LogP contribution in [0.5, 0.6) is 23.0 Å². The van der Waals surface area contributed by atoms with Crippen LogP contribution in [0.2, 0.25) is 0 Å². The molecular weight excluding hydrogens is 1620 g/mol. The molecule has 0 atom stereocenters. The van der Waals surface area contributed by atoms with Gasteiger partial charge in [0.25, 0.3) is 0 Å². The average Bonchev–Trinajstić information content (AvgIpc) is 0.765. The van der Waals surface area contributed by atoms with Gasteiger partial charge in [-0.2, -0.15) is 0 Å². The number of aromatic hydroxyl groups is 4. The highest BCUT2D eigenvalue weighted by Gasteiger charge is 2.23. The van der Waals surface area contributed by atoms with Gasteiger partial charge in [0.15, 0.2) is 27.1 Å². The van der Waals surface area contributed by atoms with Crippen molar-refractivity contribution in [3.63, 3.8) is 0 Å². The zero-order valence-electron chi connectivity index (χ0n) is 69.4. The smallest absolute Gasteiger partial charge is 0.186 e. The maximum absolute atomic E-state index is 12.3. The Labute approximate surface area is 738 Å². The van der Waals surface area contributed by atoms with Crippen molar-refractivity contribution in [2.24, 2.45) is 0 Å². The lowest BCUT2D eigenvalue weighted by atomic mass is 9.92. The first-order chi connectivity index (χ1) is 63.5. The number of aryl methyl sites for hydroxylation is 1. The average molecular weight is 1690 g/mol. The molecule has 0 radical (unpaired) electrons. The van der Waals surface area contributed by atoms with Crippen molar-refractivity contribution in [1.29, 1.82) is 0 Å². The summed E-state index contributed by atoms with van der Waals surface area (Å²) in [5, 5.41) is 56.8. The van der Waals surface area contributed by atoms with Crippen molar-refractivity contribution in [1.82, 2.24) is 0 Å². The quantitative estimate of drug-likeness (QED) is 0.0928. The summed E-state index contributed by atoms with van der Waals surface area (Å²) in [5.41, 5.74) is 18.4. The number of phenols is 4. The Balaban J connectivity index is 0.0000000983. The second kappa shape index (κ2) is 33.1. The van der Waals surface area contributed by atoms with Crippen LogP contribution in [0.4, 0.5) is 0 Å². The van der Waals surface area contributed by atoms with Gasteiger partial charge in [-0.1, -0.05) is 218 Å². The molecule has 1 aliphatic carbocycles. The van der Waals surface area contributed by atoms with Crippen molar-refractivity contribution in [2.75, 3.05) is 0 Å². The SMILES string of the molecule is Cc1ccc2cc3c(-c4ccccc4)c4ccc(=O)cc-4oc3cc2c1.O=c1ccc2c(ccc3c(-c4ccccc4)c4ccc(O)cc4oc32)c1.O=c1ccc2ccc3oc4cc(O)ccc4c(-c4ccccc4)c3c2c1.O=c1cccc2c1ccc1oc3cc(O)ccc3c(-c3ccccc3)c12.O=c1cccc2cc3oc4cc(O)ccc4c(-c4ccccc4)c3cc12. The van der Waals surface area contributed by atoms with Crippen molar-refractivity contribution < 1.29 is 42.5 Å². The van der Waals surface area contributed by atoms with E-state index in [9.17, 15) is 44.4 Å². The van der Waals surface area contributed by atoms with Gasteiger partial charge in [0.05, 0.1) is 0 Å². The molecule has 0 amide bonds. The van der Waals surface area contributed by atoms with E-state index in [0.29, 0.717) is 61.2 Å². The summed E-state index contributed by atoms with van der Waals surface area (Å²) >= 11 is 0. The van der Waals surface area contributed by atoms with Crippen LogP contribution in [-0.4, -0.2) is 20.4 Å². The summed E-state index contributed by atoms with van der Waals surface area (Å²) in [4.78, 5) is 60.2. The maximum atomic E-state index is 12.3. The van der Waals surface area contributed by atoms with Crippen molar-refractivity contribution in [2.45, 2.75) is 6.92 Å². The topological polar surface area (TPSA) is 232 Å². The first-order valence-corrected chi connectivity index (χ1v) is 42.2. The fourth-order valence-corrected chi connectivity index (χ4v) is 17.9. The standard InChI is InChI=1S/C24H16O2.4C23H14O3/c1-15-7-8-17-12-21-22(13-18(17)11-15)26-23-14-19(25)9-10-20(23)24(21)16-5-3-2-4-6-16;24-16-9-10-17-22(12-16)26-21-11-15-7-4-8-20(25)18(15)13-19(21)23(17)14-5-2-1-3-6-14;24-15-9-10-18-21(13-15)26-20-12-11-16-17(7-4-8-19(16)25)23(20)22(18)14-5-2-1-3-6-14;24-16-7-10-18-15(12-16)6-9-20-22(14-4-2-1-3-5-14)19-11-8-17(25)13-21(19)26-23(18)20;24-16-8-6-14-7-11-20-23(19(14)12-16)22(15-4-2-1-3-5-15)18-10-9-17(25)13-21(18)26-20/h2-14H,1H3;2*1-13,24H;2*1-13,25H. The van der Waals surface area contributed by atoms with Crippen molar-refractivity contribution in [3.8, 4) is 90.0 Å². The van der Waals surface area contributed by atoms with Crippen LogP contribution < -0.4 is 27.1 Å². The van der Waals surface area contributed by atoms with Crippen LogP contribution in [0, 0.1) is 6.92 Å². The van der Waals surface area contributed by atoms with Gasteiger partial charge in [-0.25, -0.2) is 0 Å². The van der Waals surface area contributed by atoms with Crippen molar-refractivity contribution in [3.05, 3.63) is 451 Å². The molecule has 14 heteroatoms. The van der Waals surface area contributed by atoms with Gasteiger partial charge in [-0.15, -0.1) is 0 Å². The molecule has 1 aliphatic heterocycles. The zero-order valence-corrected chi connectivity index (χ0v) is 69.4. The minimum Gasteiger partial charge on any atom is -0.508 e. The number of rotatable bonds is 5. The van der Waals surface area contributed by atoms with Gasteiger partial charge in [0.2, 0.25) is 0 Å². The molecule has 14 nitrogen and oxygen atoms in total. The second-order valence-electron chi connectivity index (χ2n) is 32.1. The first-order valence-electron chi connectivity index (χ1n) is 42.2. The third kappa shape index (κ3) is 14.9. The van der Waals surface area contributed by atoms with E-state index in [-0.39, 0.29) is 50.1 Å². The highest BCUT2D eigenvalue weighted by Crippen LogP contribution is 2.47. The number of hydrogen-bond acceptors (Lipinski definition) is 14. The molecule has 4 aromatic heterocycles. The predicted octanol–water partition coefficient (Wildman–Crippen LogP) is 27.9. The predicted molar refractivity (Wildman–Crippen MR) is 525 cm³/mol. The molecule has 0 saturated carbocycles. The molecule has 5 heterocycles. The fourth-order valence-electron chi connectivity index (χ4n) is 17.9. The molecule has 0 bridgehead atoms. The summed E-state index contributed by atoms with van der Waals surface area (Å²) in [6, 6.07) is 123. The molecular formula is C116H72O14. The normalized spacial score (nSPS) is 11.4. The Morgan fingerprint density at radius 1 is 0.200 bits per heavy atom. The van der Waals surface area contributed by atoms with Crippen LogP contribution in [0.15, 0.2) is 440 Å². The van der Waals surface area contributed by atoms with Gasteiger partial charge in [0.1, 0.15) is 79.0 Å². The van der Waals surface area contributed by atoms with E-state index in [1.165, 1.54) is 10.9 Å². The molecule has 130 heavy (non-hydrogen) atoms. The molecule has 0 unspecified atom stereocenters. The lowest BCUT2D eigenvalue weighted by Crippen LogP contribution is -1.99. The first kappa shape index (κ1) is 79.4. The largest absolute Gasteiger partial charge is 0.508 e. The lowest BCUT2D eigenvalue weighted by molar-refractivity contribution is 0.474. The van der Waals surface area contributed by atoms with Crippen LogP contribution >= 0.6 is 0 Å². The van der Waals surface area contributed by atoms with E-state index in [1.54, 1.807) is 121 Å². The summed E-state index contributed by atoms with van der Waals surface area (Å²) in [5.74, 6) is 1.24. The third-order valence-corrected chi connectivity index (χ3v) is 23.8. The molecule has 0 saturated heterocycles. The lowest BCUT2D eigenvalue weighted by Gasteiger charge is -2.15. The monoisotopic (exact) mass is 1690 g/mol. The van der Waals surface area contributed by atoms with E-state index >= 15 is 0 Å². The Bertz CT molecular complexity index is 8980. The molecule has 620 valence electrons. The number of fused-ring (bicyclic) bond motifs is 18. The summed E-state index contributed by atoms with van der Waals surface area (Å²) in [6.45, 7) is 2.08. The second-order valence-corrected chi connectivity index (χ2v) is 32.1. The molecule has 4 N–H and O–H groups in total. The molecule has 0 fully saturated rings. The summed E-state index contributed by atoms with van der Waals surface area (Å²) < 4.78 is 30.5. The summed E-state index contributed by atoms with van der Waals surface area (Å²) in [6.07, 6.45) is 0. The van der Waals surface area contributed by atoms with Gasteiger partial charge < -0.3 is 42.5 Å². The minimum atomic E-state index is -0.0451. The molecule has 19 aromatic carbocycles. The van der Waals surface area contributed by atoms with Crippen LogP contribution in [-0.2, 0) is 0 Å². The Morgan fingerprint density at radius 2 is 0.592 bits per heavy atom. The van der Waals surface area contributed by atoms with E-state index in [0.717, 1.165) is 153 Å². The number of phenolic OH excluding ortho intramolecular Hbond substituents is 4. The van der Waals surface area contributed by atoms with Crippen LogP contribution in [0.25, 0.3) is 220 Å².